The summed E-state index contributed by atoms with van der Waals surface area (Å²) < 4.78 is 0. The van der Waals surface area contributed by atoms with Gasteiger partial charge in [0, 0.05) is 42.1 Å². The van der Waals surface area contributed by atoms with Crippen molar-refractivity contribution < 1.29 is 0 Å². The molecular formula is C16H24N4. The van der Waals surface area contributed by atoms with Gasteiger partial charge in [-0.1, -0.05) is 18.2 Å². The molecule has 20 heavy (non-hydrogen) atoms. The van der Waals surface area contributed by atoms with Gasteiger partial charge in [-0.3, -0.25) is 10.9 Å². The minimum Gasteiger partial charge on any atom is -0.361 e. The summed E-state index contributed by atoms with van der Waals surface area (Å²) in [6.45, 7) is 5.48. The predicted octanol–water partition coefficient (Wildman–Crippen LogP) is 1.80. The lowest BCUT2D eigenvalue weighted by Gasteiger charge is -2.14. The number of hydrazine groups is 1. The molecule has 1 fully saturated rings. The van der Waals surface area contributed by atoms with E-state index < -0.39 is 0 Å². The minimum absolute atomic E-state index is 0.566. The second-order valence-electron chi connectivity index (χ2n) is 5.74. The molecule has 3 rings (SSSR count). The van der Waals surface area contributed by atoms with Crippen LogP contribution in [0.25, 0.3) is 10.9 Å². The number of rotatable bonds is 6. The van der Waals surface area contributed by atoms with Crippen LogP contribution in [0.5, 0.6) is 0 Å². The topological polar surface area (TPSA) is 51.9 Å². The fraction of sp³-hybridized carbons (Fsp3) is 0.500. The Hall–Kier alpha value is -1.36. The van der Waals surface area contributed by atoms with Crippen LogP contribution in [-0.4, -0.2) is 30.7 Å². The second-order valence-corrected chi connectivity index (χ2v) is 5.74. The lowest BCUT2D eigenvalue weighted by molar-refractivity contribution is 0.452. The Morgan fingerprint density at radius 2 is 2.20 bits per heavy atom. The van der Waals surface area contributed by atoms with Crippen molar-refractivity contribution in [1.82, 2.24) is 21.2 Å². The van der Waals surface area contributed by atoms with Crippen LogP contribution in [-0.2, 0) is 6.42 Å². The van der Waals surface area contributed by atoms with Crippen LogP contribution < -0.4 is 16.2 Å². The molecule has 0 radical (unpaired) electrons. The molecule has 1 aromatic carbocycles. The molecule has 0 spiro atoms. The number of benzene rings is 1. The van der Waals surface area contributed by atoms with Crippen molar-refractivity contribution in [3.05, 3.63) is 36.0 Å². The molecular weight excluding hydrogens is 248 g/mol. The molecule has 2 atom stereocenters. The quantitative estimate of drug-likeness (QED) is 0.607. The van der Waals surface area contributed by atoms with Gasteiger partial charge in [-0.2, -0.15) is 0 Å². The Morgan fingerprint density at radius 3 is 3.05 bits per heavy atom. The number of aromatic amines is 1. The van der Waals surface area contributed by atoms with E-state index >= 15 is 0 Å². The zero-order chi connectivity index (χ0) is 13.8. The van der Waals surface area contributed by atoms with Crippen molar-refractivity contribution in [3.8, 4) is 0 Å². The van der Waals surface area contributed by atoms with Crippen molar-refractivity contribution in [1.29, 1.82) is 0 Å². The third-order valence-corrected chi connectivity index (χ3v) is 4.28. The fourth-order valence-electron chi connectivity index (χ4n) is 2.92. The van der Waals surface area contributed by atoms with E-state index in [1.54, 1.807) is 0 Å². The van der Waals surface area contributed by atoms with Crippen molar-refractivity contribution in [2.24, 2.45) is 5.92 Å². The molecule has 4 N–H and O–H groups in total. The molecule has 4 heteroatoms. The normalized spacial score (nSPS) is 22.6. The number of H-pyrrole nitrogens is 1. The zero-order valence-corrected chi connectivity index (χ0v) is 12.1. The summed E-state index contributed by atoms with van der Waals surface area (Å²) in [5, 5.41) is 4.94. The molecule has 4 nitrogen and oxygen atoms in total. The molecule has 0 bridgehead atoms. The monoisotopic (exact) mass is 272 g/mol. The highest BCUT2D eigenvalue weighted by molar-refractivity contribution is 5.82. The highest BCUT2D eigenvalue weighted by Gasteiger charge is 2.21. The molecule has 1 aliphatic rings. The van der Waals surface area contributed by atoms with E-state index in [1.807, 2.05) is 0 Å². The van der Waals surface area contributed by atoms with E-state index in [9.17, 15) is 0 Å². The molecule has 2 unspecified atom stereocenters. The Bertz CT molecular complexity index is 548. The molecule has 0 aliphatic carbocycles. The highest BCUT2D eigenvalue weighted by atomic mass is 15.4. The smallest absolute Gasteiger partial charge is 0.0456 e. The van der Waals surface area contributed by atoms with E-state index in [1.165, 1.54) is 22.9 Å². The molecule has 2 aromatic rings. The Kier molecular flexibility index (Phi) is 4.35. The van der Waals surface area contributed by atoms with Crippen LogP contribution in [0.4, 0.5) is 0 Å². The summed E-state index contributed by atoms with van der Waals surface area (Å²) in [5.74, 6) is 0.697. The van der Waals surface area contributed by atoms with Crippen LogP contribution in [0, 0.1) is 5.92 Å². The van der Waals surface area contributed by atoms with Gasteiger partial charge in [0.05, 0.1) is 0 Å². The van der Waals surface area contributed by atoms with Crippen molar-refractivity contribution in [3.63, 3.8) is 0 Å². The van der Waals surface area contributed by atoms with E-state index in [-0.39, 0.29) is 0 Å². The zero-order valence-electron chi connectivity index (χ0n) is 12.1. The maximum atomic E-state index is 3.58. The molecule has 108 valence electrons. The van der Waals surface area contributed by atoms with Crippen molar-refractivity contribution >= 4 is 10.9 Å². The standard InChI is InChI=1S/C16H24N4/c1-12-14(11-19-20-12)9-17-8-4-5-13-10-18-16-7-3-2-6-15(13)16/h2-3,6-7,10,12,14,17-20H,4-5,8-9,11H2,1H3. The summed E-state index contributed by atoms with van der Waals surface area (Å²) in [7, 11) is 0. The van der Waals surface area contributed by atoms with Gasteiger partial charge in [-0.15, -0.1) is 0 Å². The average Bonchev–Trinajstić information content (AvgIpc) is 3.06. The van der Waals surface area contributed by atoms with Gasteiger partial charge in [-0.25, -0.2) is 0 Å². The predicted molar refractivity (Wildman–Crippen MR) is 83.6 cm³/mol. The van der Waals surface area contributed by atoms with Crippen molar-refractivity contribution in [2.45, 2.75) is 25.8 Å². The van der Waals surface area contributed by atoms with Gasteiger partial charge in [0.2, 0.25) is 0 Å². The van der Waals surface area contributed by atoms with E-state index in [4.69, 9.17) is 0 Å². The first-order valence-electron chi connectivity index (χ1n) is 7.58. The van der Waals surface area contributed by atoms with Crippen molar-refractivity contribution in [2.75, 3.05) is 19.6 Å². The number of aromatic nitrogens is 1. The highest BCUT2D eigenvalue weighted by Crippen LogP contribution is 2.18. The van der Waals surface area contributed by atoms with Crippen LogP contribution in [0.3, 0.4) is 0 Å². The van der Waals surface area contributed by atoms with Gasteiger partial charge < -0.3 is 10.3 Å². The van der Waals surface area contributed by atoms with Crippen LogP contribution in [0.1, 0.15) is 18.9 Å². The molecule has 1 saturated heterocycles. The third-order valence-electron chi connectivity index (χ3n) is 4.28. The Balaban J connectivity index is 1.41. The fourth-order valence-corrected chi connectivity index (χ4v) is 2.92. The SMILES string of the molecule is CC1NNCC1CNCCCc1c[nH]c2ccccc12. The number of hydrogen-bond donors (Lipinski definition) is 4. The largest absolute Gasteiger partial charge is 0.361 e. The number of hydrogen-bond acceptors (Lipinski definition) is 3. The second kappa shape index (κ2) is 6.39. The summed E-state index contributed by atoms with van der Waals surface area (Å²) in [6, 6.07) is 9.09. The van der Waals surface area contributed by atoms with Gasteiger partial charge in [-0.05, 0) is 37.9 Å². The first-order chi connectivity index (χ1) is 9.84. The maximum Gasteiger partial charge on any atom is 0.0456 e. The number of para-hydroxylation sites is 1. The van der Waals surface area contributed by atoms with Crippen LogP contribution in [0.15, 0.2) is 30.5 Å². The lowest BCUT2D eigenvalue weighted by Crippen LogP contribution is -2.33. The molecule has 1 aromatic heterocycles. The molecule has 0 amide bonds. The van der Waals surface area contributed by atoms with Crippen LogP contribution >= 0.6 is 0 Å². The van der Waals surface area contributed by atoms with E-state index in [2.05, 4.69) is 58.5 Å². The Labute approximate surface area is 120 Å². The number of aryl methyl sites for hydroxylation is 1. The molecule has 1 aliphatic heterocycles. The molecule has 0 saturated carbocycles. The summed E-state index contributed by atoms with van der Waals surface area (Å²) in [6.07, 6.45) is 4.47. The summed E-state index contributed by atoms with van der Waals surface area (Å²) >= 11 is 0. The van der Waals surface area contributed by atoms with Crippen LogP contribution in [0.2, 0.25) is 0 Å². The maximum absolute atomic E-state index is 3.58. The first kappa shape index (κ1) is 13.6. The number of nitrogens with one attached hydrogen (secondary N) is 4. The minimum atomic E-state index is 0.566. The first-order valence-corrected chi connectivity index (χ1v) is 7.58. The lowest BCUT2D eigenvalue weighted by atomic mass is 10.0. The van der Waals surface area contributed by atoms with E-state index in [0.29, 0.717) is 12.0 Å². The average molecular weight is 272 g/mol. The molecule has 2 heterocycles. The Morgan fingerprint density at radius 1 is 1.30 bits per heavy atom. The summed E-state index contributed by atoms with van der Waals surface area (Å²) in [5.41, 5.74) is 9.14. The van der Waals surface area contributed by atoms with Gasteiger partial charge in [0.25, 0.3) is 0 Å². The van der Waals surface area contributed by atoms with E-state index in [0.717, 1.165) is 26.1 Å². The van der Waals surface area contributed by atoms with Gasteiger partial charge in [0.15, 0.2) is 0 Å². The third kappa shape index (κ3) is 3.03. The number of fused-ring (bicyclic) bond motifs is 1. The summed E-state index contributed by atoms with van der Waals surface area (Å²) in [4.78, 5) is 3.34. The van der Waals surface area contributed by atoms with Gasteiger partial charge >= 0.3 is 0 Å². The van der Waals surface area contributed by atoms with Gasteiger partial charge in [0.1, 0.15) is 0 Å².